The number of fused-ring (bicyclic) bond motifs is 1. The van der Waals surface area contributed by atoms with Crippen molar-refractivity contribution in [2.24, 2.45) is 0 Å². The van der Waals surface area contributed by atoms with Gasteiger partial charge in [-0.3, -0.25) is 9.69 Å². The summed E-state index contributed by atoms with van der Waals surface area (Å²) in [5.41, 5.74) is 0. The Morgan fingerprint density at radius 1 is 1.27 bits per heavy atom. The number of nitrogens with zero attached hydrogens (tertiary/aromatic N) is 2. The normalized spacial score (nSPS) is 27.6. The van der Waals surface area contributed by atoms with Crippen molar-refractivity contribution in [3.05, 3.63) is 0 Å². The lowest BCUT2D eigenvalue weighted by Gasteiger charge is -2.47. The van der Waals surface area contributed by atoms with Crippen LogP contribution < -0.4 is 5.32 Å². The van der Waals surface area contributed by atoms with Crippen molar-refractivity contribution < 1.29 is 9.22 Å². The molecule has 2 atom stereocenters. The predicted molar refractivity (Wildman–Crippen MR) is 92.6 cm³/mol. The van der Waals surface area contributed by atoms with Crippen molar-refractivity contribution in [3.8, 4) is 0 Å². The monoisotopic (exact) mass is 327 g/mol. The quantitative estimate of drug-likeness (QED) is 0.798. The molecule has 2 rings (SSSR count). The lowest BCUT2D eigenvalue weighted by atomic mass is 10.1. The van der Waals surface area contributed by atoms with Crippen LogP contribution in [0.1, 0.15) is 27.7 Å². The lowest BCUT2D eigenvalue weighted by Crippen LogP contribution is -2.65. The summed E-state index contributed by atoms with van der Waals surface area (Å²) in [6.45, 7) is 18.6. The van der Waals surface area contributed by atoms with Crippen molar-refractivity contribution >= 4 is 14.2 Å². The largest absolute Gasteiger partial charge is 0.415 e. The number of nitrogens with one attached hydrogen (secondary N) is 1. The first kappa shape index (κ1) is 17.9. The molecule has 5 nitrogen and oxygen atoms in total. The summed E-state index contributed by atoms with van der Waals surface area (Å²) in [5, 5.41) is 3.88. The molecular weight excluding hydrogens is 294 g/mol. The fourth-order valence-electron chi connectivity index (χ4n) is 2.90. The van der Waals surface area contributed by atoms with Crippen molar-refractivity contribution in [1.82, 2.24) is 15.1 Å². The van der Waals surface area contributed by atoms with E-state index in [1.165, 1.54) is 0 Å². The average Bonchev–Trinajstić information content (AvgIpc) is 2.43. The molecule has 0 aromatic rings. The van der Waals surface area contributed by atoms with Gasteiger partial charge in [-0.15, -0.1) is 0 Å². The van der Waals surface area contributed by atoms with E-state index in [0.29, 0.717) is 12.1 Å². The van der Waals surface area contributed by atoms with Crippen LogP contribution in [0.4, 0.5) is 0 Å². The molecule has 2 fully saturated rings. The average molecular weight is 328 g/mol. The van der Waals surface area contributed by atoms with Gasteiger partial charge in [-0.2, -0.15) is 0 Å². The Bertz CT molecular complexity index is 409. The Kier molecular flexibility index (Phi) is 5.37. The third-order valence-electron chi connectivity index (χ3n) is 5.60. The summed E-state index contributed by atoms with van der Waals surface area (Å²) >= 11 is 0. The van der Waals surface area contributed by atoms with Gasteiger partial charge in [-0.05, 0) is 18.1 Å². The molecule has 6 heteroatoms. The van der Waals surface area contributed by atoms with Crippen molar-refractivity contribution in [2.75, 3.05) is 39.3 Å². The van der Waals surface area contributed by atoms with Gasteiger partial charge in [0.2, 0.25) is 5.91 Å². The van der Waals surface area contributed by atoms with Crippen LogP contribution >= 0.6 is 0 Å². The molecule has 2 aliphatic heterocycles. The Balaban J connectivity index is 1.83. The van der Waals surface area contributed by atoms with Crippen LogP contribution in [-0.4, -0.2) is 75.4 Å². The van der Waals surface area contributed by atoms with E-state index >= 15 is 0 Å². The molecule has 0 aromatic carbocycles. The second kappa shape index (κ2) is 6.59. The third kappa shape index (κ3) is 4.10. The van der Waals surface area contributed by atoms with Gasteiger partial charge in [0, 0.05) is 51.7 Å². The zero-order valence-corrected chi connectivity index (χ0v) is 16.1. The van der Waals surface area contributed by atoms with Crippen LogP contribution in [0.25, 0.3) is 0 Å². The van der Waals surface area contributed by atoms with Gasteiger partial charge in [0.1, 0.15) is 0 Å². The van der Waals surface area contributed by atoms with E-state index in [0.717, 1.165) is 39.3 Å². The van der Waals surface area contributed by atoms with E-state index in [1.807, 2.05) is 4.90 Å². The molecule has 128 valence electrons. The standard InChI is InChI=1S/C16H33N3O2Si/c1-13(20)18-7-8-19-10-14(17-9-15(19)11-18)12-21-22(5,6)16(2,3)4/h14-15,17H,7-12H2,1-6H3/t14-,15+/m0/s1. The van der Waals surface area contributed by atoms with Crippen LogP contribution in [0.5, 0.6) is 0 Å². The minimum Gasteiger partial charge on any atom is -0.415 e. The van der Waals surface area contributed by atoms with Gasteiger partial charge < -0.3 is 14.6 Å². The molecule has 1 N–H and O–H groups in total. The van der Waals surface area contributed by atoms with E-state index in [2.05, 4.69) is 44.1 Å². The molecule has 0 bridgehead atoms. The number of rotatable bonds is 3. The first-order valence-electron chi connectivity index (χ1n) is 8.47. The Hall–Kier alpha value is -0.433. The van der Waals surface area contributed by atoms with E-state index in [-0.39, 0.29) is 10.9 Å². The fourth-order valence-corrected chi connectivity index (χ4v) is 3.95. The highest BCUT2D eigenvalue weighted by molar-refractivity contribution is 6.74. The molecule has 1 amide bonds. The van der Waals surface area contributed by atoms with Crippen LogP contribution in [0.15, 0.2) is 0 Å². The van der Waals surface area contributed by atoms with Crippen LogP contribution in [-0.2, 0) is 9.22 Å². The summed E-state index contributed by atoms with van der Waals surface area (Å²) in [6, 6.07) is 0.871. The number of carbonyl (C=O) groups is 1. The maximum Gasteiger partial charge on any atom is 0.219 e. The number of carbonyl (C=O) groups excluding carboxylic acids is 1. The van der Waals surface area contributed by atoms with Gasteiger partial charge in [-0.1, -0.05) is 20.8 Å². The Morgan fingerprint density at radius 3 is 2.55 bits per heavy atom. The third-order valence-corrected chi connectivity index (χ3v) is 10.1. The molecule has 0 saturated carbocycles. The minimum atomic E-state index is -1.67. The zero-order chi connectivity index (χ0) is 16.5. The summed E-state index contributed by atoms with van der Waals surface area (Å²) in [7, 11) is -1.67. The second-order valence-corrected chi connectivity index (χ2v) is 13.1. The molecular formula is C16H33N3O2Si. The van der Waals surface area contributed by atoms with Crippen molar-refractivity contribution in [3.63, 3.8) is 0 Å². The summed E-state index contributed by atoms with van der Waals surface area (Å²) < 4.78 is 6.36. The predicted octanol–water partition coefficient (Wildman–Crippen LogP) is 1.51. The molecule has 2 saturated heterocycles. The van der Waals surface area contributed by atoms with Gasteiger partial charge >= 0.3 is 0 Å². The van der Waals surface area contributed by atoms with Crippen LogP contribution in [0.2, 0.25) is 18.1 Å². The van der Waals surface area contributed by atoms with Gasteiger partial charge in [-0.25, -0.2) is 0 Å². The van der Waals surface area contributed by atoms with E-state index in [9.17, 15) is 4.79 Å². The van der Waals surface area contributed by atoms with Crippen LogP contribution in [0.3, 0.4) is 0 Å². The Morgan fingerprint density at radius 2 is 1.95 bits per heavy atom. The van der Waals surface area contributed by atoms with Crippen molar-refractivity contribution in [2.45, 2.75) is 57.9 Å². The van der Waals surface area contributed by atoms with Crippen molar-refractivity contribution in [1.29, 1.82) is 0 Å². The van der Waals surface area contributed by atoms with Gasteiger partial charge in [0.05, 0.1) is 6.61 Å². The lowest BCUT2D eigenvalue weighted by molar-refractivity contribution is -0.132. The van der Waals surface area contributed by atoms with Gasteiger partial charge in [0.15, 0.2) is 8.32 Å². The minimum absolute atomic E-state index is 0.197. The number of hydrogen-bond donors (Lipinski definition) is 1. The van der Waals surface area contributed by atoms with Crippen LogP contribution in [0, 0.1) is 0 Å². The summed E-state index contributed by atoms with van der Waals surface area (Å²) in [6.07, 6.45) is 0. The molecule has 0 spiro atoms. The molecule has 2 heterocycles. The maximum absolute atomic E-state index is 11.5. The van der Waals surface area contributed by atoms with E-state index in [4.69, 9.17) is 4.43 Å². The number of piperazine rings is 2. The molecule has 22 heavy (non-hydrogen) atoms. The molecule has 0 radical (unpaired) electrons. The molecule has 0 unspecified atom stereocenters. The SMILES string of the molecule is CC(=O)N1CCN2C[C@@H](CO[Si](C)(C)C(C)(C)C)NC[C@@H]2C1. The summed E-state index contributed by atoms with van der Waals surface area (Å²) in [5.74, 6) is 0.197. The highest BCUT2D eigenvalue weighted by Gasteiger charge is 2.39. The summed E-state index contributed by atoms with van der Waals surface area (Å²) in [4.78, 5) is 16.0. The highest BCUT2D eigenvalue weighted by atomic mass is 28.4. The Labute approximate surface area is 136 Å². The highest BCUT2D eigenvalue weighted by Crippen LogP contribution is 2.36. The van der Waals surface area contributed by atoms with E-state index in [1.54, 1.807) is 6.92 Å². The van der Waals surface area contributed by atoms with Gasteiger partial charge in [0.25, 0.3) is 0 Å². The molecule has 0 aliphatic carbocycles. The topological polar surface area (TPSA) is 44.8 Å². The molecule has 0 aromatic heterocycles. The smallest absolute Gasteiger partial charge is 0.219 e. The molecule has 2 aliphatic rings. The maximum atomic E-state index is 11.5. The number of hydrogen-bond acceptors (Lipinski definition) is 4. The zero-order valence-electron chi connectivity index (χ0n) is 15.1. The fraction of sp³-hybridized carbons (Fsp3) is 0.938. The first-order chi connectivity index (χ1) is 10.1. The first-order valence-corrected chi connectivity index (χ1v) is 11.4. The number of amides is 1. The second-order valence-electron chi connectivity index (χ2n) is 8.29. The van der Waals surface area contributed by atoms with E-state index < -0.39 is 8.32 Å².